The molecule has 0 amide bonds. The van der Waals surface area contributed by atoms with E-state index in [0.717, 1.165) is 45.6 Å². The highest BCUT2D eigenvalue weighted by Crippen LogP contribution is 2.33. The smallest absolute Gasteiger partial charge is 0.231 e. The van der Waals surface area contributed by atoms with Crippen LogP contribution in [0.1, 0.15) is 51.7 Å². The van der Waals surface area contributed by atoms with Crippen LogP contribution >= 0.6 is 23.8 Å². The van der Waals surface area contributed by atoms with Crippen molar-refractivity contribution in [3.63, 3.8) is 0 Å². The molecule has 2 heterocycles. The maximum Gasteiger partial charge on any atom is 0.231 e. The van der Waals surface area contributed by atoms with Gasteiger partial charge in [-0.15, -0.1) is 0 Å². The zero-order chi connectivity index (χ0) is 22.9. The third-order valence-corrected chi connectivity index (χ3v) is 6.49. The number of benzene rings is 2. The first-order valence-corrected chi connectivity index (χ1v) is 11.8. The Morgan fingerprint density at radius 1 is 1.03 bits per heavy atom. The number of hydrogen-bond acceptors (Lipinski definition) is 4. The first-order valence-electron chi connectivity index (χ1n) is 11.1. The number of nitrogens with zero attached hydrogens (tertiary/aromatic N) is 1. The summed E-state index contributed by atoms with van der Waals surface area (Å²) in [5, 5.41) is 8.88. The second kappa shape index (κ2) is 9.08. The molecule has 5 nitrogen and oxygen atoms in total. The monoisotopic (exact) mass is 473 g/mol. The predicted octanol–water partition coefficient (Wildman–Crippen LogP) is 5.25. The molecule has 0 radical (unpaired) electrons. The van der Waals surface area contributed by atoms with E-state index in [2.05, 4.69) is 55.4 Å². The maximum absolute atomic E-state index is 6.25. The second-order valence-electron chi connectivity index (χ2n) is 10.1. The summed E-state index contributed by atoms with van der Waals surface area (Å²) in [6.07, 6.45) is 2.01. The van der Waals surface area contributed by atoms with Gasteiger partial charge in [-0.3, -0.25) is 0 Å². The van der Waals surface area contributed by atoms with Gasteiger partial charge in [-0.2, -0.15) is 0 Å². The predicted molar refractivity (Wildman–Crippen MR) is 133 cm³/mol. The van der Waals surface area contributed by atoms with Crippen LogP contribution in [0.25, 0.3) is 0 Å². The topological polar surface area (TPSA) is 45.8 Å². The summed E-state index contributed by atoms with van der Waals surface area (Å²) in [4.78, 5) is 2.20. The van der Waals surface area contributed by atoms with Crippen LogP contribution in [0.3, 0.4) is 0 Å². The second-order valence-corrected chi connectivity index (χ2v) is 10.9. The Morgan fingerprint density at radius 3 is 2.38 bits per heavy atom. The number of hydrogen-bond donors (Lipinski definition) is 2. The third-order valence-electron chi connectivity index (χ3n) is 5.88. The molecule has 0 aromatic heterocycles. The molecule has 0 bridgehead atoms. The third kappa shape index (κ3) is 5.85. The van der Waals surface area contributed by atoms with Crippen molar-refractivity contribution in [1.29, 1.82) is 0 Å². The SMILES string of the molecule is CC1(C)CC(NC(=S)N(Cc2cccc(Cl)c2)Cc2ccc3c(c2)OCO3)CC(C)(C)N1. The van der Waals surface area contributed by atoms with Crippen molar-refractivity contribution in [2.24, 2.45) is 0 Å². The summed E-state index contributed by atoms with van der Waals surface area (Å²) in [5.41, 5.74) is 2.33. The average molecular weight is 474 g/mol. The van der Waals surface area contributed by atoms with Gasteiger partial charge in [-0.1, -0.05) is 29.8 Å². The van der Waals surface area contributed by atoms with Crippen LogP contribution in [0.5, 0.6) is 11.5 Å². The maximum atomic E-state index is 6.25. The number of ether oxygens (including phenoxy) is 2. The Hall–Kier alpha value is -2.02. The van der Waals surface area contributed by atoms with Crippen LogP contribution in [0.2, 0.25) is 5.02 Å². The van der Waals surface area contributed by atoms with E-state index < -0.39 is 0 Å². The van der Waals surface area contributed by atoms with E-state index in [1.807, 2.05) is 30.3 Å². The van der Waals surface area contributed by atoms with Crippen molar-refractivity contribution >= 4 is 28.9 Å². The lowest BCUT2D eigenvalue weighted by Gasteiger charge is -2.47. The molecule has 1 fully saturated rings. The van der Waals surface area contributed by atoms with Crippen molar-refractivity contribution in [3.05, 3.63) is 58.6 Å². The van der Waals surface area contributed by atoms with Gasteiger partial charge in [0, 0.05) is 35.2 Å². The van der Waals surface area contributed by atoms with Crippen LogP contribution in [0.4, 0.5) is 0 Å². The zero-order valence-corrected chi connectivity index (χ0v) is 20.8. The highest BCUT2D eigenvalue weighted by atomic mass is 35.5. The molecule has 2 aliphatic rings. The van der Waals surface area contributed by atoms with Crippen molar-refractivity contribution in [3.8, 4) is 11.5 Å². The number of fused-ring (bicyclic) bond motifs is 1. The summed E-state index contributed by atoms with van der Waals surface area (Å²) < 4.78 is 11.0. The van der Waals surface area contributed by atoms with Crippen LogP contribution in [0.15, 0.2) is 42.5 Å². The molecule has 2 aromatic rings. The van der Waals surface area contributed by atoms with Gasteiger partial charge in [-0.05, 0) is 88.1 Å². The Labute approximate surface area is 201 Å². The van der Waals surface area contributed by atoms with Gasteiger partial charge in [0.05, 0.1) is 0 Å². The van der Waals surface area contributed by atoms with Gasteiger partial charge in [0.1, 0.15) is 0 Å². The first-order chi connectivity index (χ1) is 15.1. The fraction of sp³-hybridized carbons (Fsp3) is 0.480. The fourth-order valence-electron chi connectivity index (χ4n) is 5.01. The highest BCUT2D eigenvalue weighted by Gasteiger charge is 2.38. The Bertz CT molecular complexity index is 979. The van der Waals surface area contributed by atoms with Gasteiger partial charge in [-0.25, -0.2) is 0 Å². The van der Waals surface area contributed by atoms with E-state index in [4.69, 9.17) is 33.3 Å². The summed E-state index contributed by atoms with van der Waals surface area (Å²) in [6, 6.07) is 14.3. The minimum atomic E-state index is 0.0458. The minimum absolute atomic E-state index is 0.0458. The van der Waals surface area contributed by atoms with E-state index in [1.54, 1.807) is 0 Å². The molecule has 0 unspecified atom stereocenters. The number of piperidine rings is 1. The highest BCUT2D eigenvalue weighted by molar-refractivity contribution is 7.80. The lowest BCUT2D eigenvalue weighted by atomic mass is 9.80. The zero-order valence-electron chi connectivity index (χ0n) is 19.2. The van der Waals surface area contributed by atoms with Crippen LogP contribution in [0, 0.1) is 0 Å². The summed E-state index contributed by atoms with van der Waals surface area (Å²) in [5.74, 6) is 1.57. The molecular formula is C25H32ClN3O2S. The van der Waals surface area contributed by atoms with E-state index >= 15 is 0 Å². The van der Waals surface area contributed by atoms with E-state index in [1.165, 1.54) is 0 Å². The standard InChI is InChI=1S/C25H32ClN3O2S/c1-24(2)12-20(13-25(3,4)28-24)27-23(32)29(14-17-6-5-7-19(26)10-17)15-18-8-9-21-22(11-18)31-16-30-21/h5-11,20,28H,12-16H2,1-4H3,(H,27,32). The van der Waals surface area contributed by atoms with Gasteiger partial charge in [0.15, 0.2) is 16.6 Å². The van der Waals surface area contributed by atoms with Gasteiger partial charge in [0.25, 0.3) is 0 Å². The number of halogens is 1. The molecule has 2 N–H and O–H groups in total. The van der Waals surface area contributed by atoms with Gasteiger partial charge < -0.3 is 25.0 Å². The molecule has 0 aliphatic carbocycles. The first kappa shape index (κ1) is 23.1. The summed E-state index contributed by atoms with van der Waals surface area (Å²) in [6.45, 7) is 10.6. The molecule has 7 heteroatoms. The minimum Gasteiger partial charge on any atom is -0.454 e. The van der Waals surface area contributed by atoms with Crippen molar-refractivity contribution < 1.29 is 9.47 Å². The molecule has 0 atom stereocenters. The Morgan fingerprint density at radius 2 is 1.69 bits per heavy atom. The molecule has 32 heavy (non-hydrogen) atoms. The van der Waals surface area contributed by atoms with E-state index in [-0.39, 0.29) is 17.9 Å². The molecule has 0 saturated carbocycles. The average Bonchev–Trinajstić information content (AvgIpc) is 3.13. The normalized spacial score (nSPS) is 18.9. The largest absolute Gasteiger partial charge is 0.454 e. The number of thiocarbonyl (C=S) groups is 1. The van der Waals surface area contributed by atoms with Crippen LogP contribution in [-0.4, -0.2) is 33.9 Å². The quantitative estimate of drug-likeness (QED) is 0.578. The van der Waals surface area contributed by atoms with Crippen molar-refractivity contribution in [1.82, 2.24) is 15.5 Å². The lowest BCUT2D eigenvalue weighted by Crippen LogP contribution is -2.62. The van der Waals surface area contributed by atoms with Crippen LogP contribution in [-0.2, 0) is 13.1 Å². The van der Waals surface area contributed by atoms with Gasteiger partial charge >= 0.3 is 0 Å². The summed E-state index contributed by atoms with van der Waals surface area (Å²) in [7, 11) is 0. The molecule has 2 aromatic carbocycles. The number of rotatable bonds is 5. The fourth-order valence-corrected chi connectivity index (χ4v) is 5.51. The van der Waals surface area contributed by atoms with Crippen LogP contribution < -0.4 is 20.1 Å². The lowest BCUT2D eigenvalue weighted by molar-refractivity contribution is 0.153. The van der Waals surface area contributed by atoms with E-state index in [9.17, 15) is 0 Å². The molecule has 172 valence electrons. The van der Waals surface area contributed by atoms with Crippen molar-refractivity contribution in [2.45, 2.75) is 70.7 Å². The van der Waals surface area contributed by atoms with Crippen molar-refractivity contribution in [2.75, 3.05) is 6.79 Å². The number of nitrogens with one attached hydrogen (secondary N) is 2. The Kier molecular flexibility index (Phi) is 6.57. The van der Waals surface area contributed by atoms with Gasteiger partial charge in [0.2, 0.25) is 6.79 Å². The molecular weight excluding hydrogens is 442 g/mol. The molecule has 1 saturated heterocycles. The summed E-state index contributed by atoms with van der Waals surface area (Å²) >= 11 is 12.2. The molecule has 0 spiro atoms. The van der Waals surface area contributed by atoms with E-state index in [0.29, 0.717) is 19.1 Å². The molecule has 4 rings (SSSR count). The molecule has 2 aliphatic heterocycles. The Balaban J connectivity index is 1.53.